The number of hydrogen-bond donors (Lipinski definition) is 2. The molecule has 0 amide bonds. The highest BCUT2D eigenvalue weighted by molar-refractivity contribution is 9.10. The summed E-state index contributed by atoms with van der Waals surface area (Å²) in [5.41, 5.74) is 0.529. The van der Waals surface area contributed by atoms with Crippen LogP contribution in [0.3, 0.4) is 0 Å². The van der Waals surface area contributed by atoms with Gasteiger partial charge in [0.05, 0.1) is 5.69 Å². The molecular weight excluding hydrogens is 385 g/mol. The van der Waals surface area contributed by atoms with Crippen LogP contribution in [0.5, 0.6) is 0 Å². The molecule has 8 heteroatoms. The molecule has 122 valence electrons. The normalized spacial score (nSPS) is 10.5. The number of aromatic nitrogens is 2. The molecule has 0 aliphatic rings. The molecule has 3 aromatic rings. The molecule has 1 aromatic heterocycles. The average Bonchev–Trinajstić information content (AvgIpc) is 2.56. The molecule has 3 rings (SSSR count). The van der Waals surface area contributed by atoms with Crippen LogP contribution < -0.4 is 10.6 Å². The number of halogens is 4. The Balaban J connectivity index is 1.82. The number of anilines is 4. The third-order valence-corrected chi connectivity index (χ3v) is 3.53. The van der Waals surface area contributed by atoms with Crippen LogP contribution in [-0.2, 0) is 0 Å². The third-order valence-electron chi connectivity index (χ3n) is 3.03. The van der Waals surface area contributed by atoms with Crippen LogP contribution in [0.4, 0.5) is 36.3 Å². The first-order chi connectivity index (χ1) is 11.5. The fraction of sp³-hybridized carbons (Fsp3) is 0. The van der Waals surface area contributed by atoms with Gasteiger partial charge in [0, 0.05) is 16.4 Å². The van der Waals surface area contributed by atoms with Crippen LogP contribution in [0.15, 0.2) is 53.1 Å². The van der Waals surface area contributed by atoms with E-state index < -0.39 is 17.5 Å². The Hall–Kier alpha value is -2.61. The summed E-state index contributed by atoms with van der Waals surface area (Å²) in [7, 11) is 0. The molecule has 0 bridgehead atoms. The summed E-state index contributed by atoms with van der Waals surface area (Å²) < 4.78 is 40.8. The van der Waals surface area contributed by atoms with Crippen LogP contribution in [-0.4, -0.2) is 9.97 Å². The molecule has 0 aliphatic carbocycles. The van der Waals surface area contributed by atoms with Gasteiger partial charge in [-0.15, -0.1) is 0 Å². The van der Waals surface area contributed by atoms with Gasteiger partial charge in [-0.3, -0.25) is 0 Å². The number of rotatable bonds is 4. The van der Waals surface area contributed by atoms with Gasteiger partial charge in [-0.2, -0.15) is 4.98 Å². The fourth-order valence-corrected chi connectivity index (χ4v) is 2.34. The predicted octanol–water partition coefficient (Wildman–Crippen LogP) is 5.14. The Kier molecular flexibility index (Phi) is 4.66. The Bertz CT molecular complexity index is 889. The summed E-state index contributed by atoms with van der Waals surface area (Å²) in [6.07, 6.45) is 1.45. The van der Waals surface area contributed by atoms with Gasteiger partial charge < -0.3 is 10.6 Å². The van der Waals surface area contributed by atoms with Gasteiger partial charge in [0.2, 0.25) is 5.95 Å². The molecule has 1 heterocycles. The zero-order valence-corrected chi connectivity index (χ0v) is 13.6. The molecule has 0 unspecified atom stereocenters. The lowest BCUT2D eigenvalue weighted by molar-refractivity contribution is 0.449. The number of nitrogens with zero attached hydrogens (tertiary/aromatic N) is 2. The Morgan fingerprint density at radius 1 is 0.917 bits per heavy atom. The number of hydrogen-bond acceptors (Lipinski definition) is 4. The minimum absolute atomic E-state index is 0.0416. The van der Waals surface area contributed by atoms with Crippen molar-refractivity contribution in [1.29, 1.82) is 0 Å². The first kappa shape index (κ1) is 16.3. The van der Waals surface area contributed by atoms with Crippen LogP contribution in [0.2, 0.25) is 0 Å². The van der Waals surface area contributed by atoms with Gasteiger partial charge in [0.1, 0.15) is 5.82 Å². The monoisotopic (exact) mass is 394 g/mol. The van der Waals surface area contributed by atoms with Gasteiger partial charge in [0.15, 0.2) is 17.5 Å². The fourth-order valence-electron chi connectivity index (χ4n) is 1.95. The van der Waals surface area contributed by atoms with Crippen LogP contribution >= 0.6 is 15.9 Å². The lowest BCUT2D eigenvalue weighted by Gasteiger charge is -2.09. The van der Waals surface area contributed by atoms with E-state index in [1.807, 2.05) is 24.3 Å². The van der Waals surface area contributed by atoms with Crippen molar-refractivity contribution in [2.24, 2.45) is 0 Å². The second-order valence-electron chi connectivity index (χ2n) is 4.75. The predicted molar refractivity (Wildman–Crippen MR) is 89.1 cm³/mol. The van der Waals surface area contributed by atoms with E-state index in [1.54, 1.807) is 6.07 Å². The van der Waals surface area contributed by atoms with Crippen LogP contribution in [0.25, 0.3) is 0 Å². The van der Waals surface area contributed by atoms with Gasteiger partial charge in [-0.1, -0.05) is 22.0 Å². The van der Waals surface area contributed by atoms with E-state index in [-0.39, 0.29) is 11.6 Å². The molecule has 0 radical (unpaired) electrons. The van der Waals surface area contributed by atoms with E-state index in [4.69, 9.17) is 0 Å². The summed E-state index contributed by atoms with van der Waals surface area (Å²) in [6.45, 7) is 0. The smallest absolute Gasteiger partial charge is 0.229 e. The van der Waals surface area contributed by atoms with Crippen molar-refractivity contribution < 1.29 is 13.2 Å². The molecule has 24 heavy (non-hydrogen) atoms. The maximum absolute atomic E-state index is 13.7. The van der Waals surface area contributed by atoms with Crippen molar-refractivity contribution in [3.05, 3.63) is 70.6 Å². The van der Waals surface area contributed by atoms with E-state index in [0.717, 1.165) is 22.3 Å². The Morgan fingerprint density at radius 2 is 1.75 bits per heavy atom. The molecule has 0 saturated carbocycles. The summed E-state index contributed by atoms with van der Waals surface area (Å²) >= 11 is 3.36. The van der Waals surface area contributed by atoms with E-state index >= 15 is 0 Å². The number of benzene rings is 2. The van der Waals surface area contributed by atoms with Crippen LogP contribution in [0, 0.1) is 17.5 Å². The minimum atomic E-state index is -1.55. The van der Waals surface area contributed by atoms with E-state index in [0.29, 0.717) is 5.82 Å². The zero-order chi connectivity index (χ0) is 17.1. The highest BCUT2D eigenvalue weighted by Crippen LogP contribution is 2.23. The average molecular weight is 395 g/mol. The van der Waals surface area contributed by atoms with Crippen molar-refractivity contribution >= 4 is 39.1 Å². The van der Waals surface area contributed by atoms with Crippen molar-refractivity contribution in [2.45, 2.75) is 0 Å². The third kappa shape index (κ3) is 3.65. The topological polar surface area (TPSA) is 49.8 Å². The molecular formula is C16H10BrF3N4. The van der Waals surface area contributed by atoms with E-state index in [2.05, 4.69) is 36.5 Å². The molecule has 4 nitrogen and oxygen atoms in total. The first-order valence-electron chi connectivity index (χ1n) is 6.79. The van der Waals surface area contributed by atoms with Gasteiger partial charge in [0.25, 0.3) is 0 Å². The summed E-state index contributed by atoms with van der Waals surface area (Å²) in [5, 5.41) is 5.58. The maximum Gasteiger partial charge on any atom is 0.229 e. The molecule has 0 atom stereocenters. The second kappa shape index (κ2) is 6.88. The molecule has 0 fully saturated rings. The van der Waals surface area contributed by atoms with E-state index in [9.17, 15) is 13.2 Å². The molecule has 0 saturated heterocycles. The Morgan fingerprint density at radius 3 is 2.54 bits per heavy atom. The lowest BCUT2D eigenvalue weighted by atomic mass is 10.3. The van der Waals surface area contributed by atoms with Gasteiger partial charge in [-0.05, 0) is 36.4 Å². The van der Waals surface area contributed by atoms with Gasteiger partial charge in [-0.25, -0.2) is 18.2 Å². The SMILES string of the molecule is Fc1ccc(Nc2nccc(Nc3cccc(Br)c3)n2)c(F)c1F. The maximum atomic E-state index is 13.7. The molecule has 2 aromatic carbocycles. The highest BCUT2D eigenvalue weighted by Gasteiger charge is 2.14. The zero-order valence-electron chi connectivity index (χ0n) is 12.0. The summed E-state index contributed by atoms with van der Waals surface area (Å²) in [6, 6.07) is 10.9. The van der Waals surface area contributed by atoms with Gasteiger partial charge >= 0.3 is 0 Å². The number of nitrogens with one attached hydrogen (secondary N) is 2. The Labute approximate surface area is 143 Å². The molecule has 0 aliphatic heterocycles. The summed E-state index contributed by atoms with van der Waals surface area (Å²) in [5.74, 6) is -3.65. The standard InChI is InChI=1S/C16H10BrF3N4/c17-9-2-1-3-10(8-9)22-13-6-7-21-16(24-13)23-12-5-4-11(18)14(19)15(12)20/h1-8H,(H2,21,22,23,24). The first-order valence-corrected chi connectivity index (χ1v) is 7.58. The lowest BCUT2D eigenvalue weighted by Crippen LogP contribution is -2.03. The largest absolute Gasteiger partial charge is 0.340 e. The second-order valence-corrected chi connectivity index (χ2v) is 5.66. The molecule has 0 spiro atoms. The van der Waals surface area contributed by atoms with Crippen molar-refractivity contribution in [3.63, 3.8) is 0 Å². The quantitative estimate of drug-likeness (QED) is 0.601. The van der Waals surface area contributed by atoms with Crippen molar-refractivity contribution in [2.75, 3.05) is 10.6 Å². The van der Waals surface area contributed by atoms with Crippen LogP contribution in [0.1, 0.15) is 0 Å². The minimum Gasteiger partial charge on any atom is -0.340 e. The van der Waals surface area contributed by atoms with Crippen molar-refractivity contribution in [3.8, 4) is 0 Å². The van der Waals surface area contributed by atoms with E-state index in [1.165, 1.54) is 6.20 Å². The molecule has 2 N–H and O–H groups in total. The van der Waals surface area contributed by atoms with Crippen molar-refractivity contribution in [1.82, 2.24) is 9.97 Å². The highest BCUT2D eigenvalue weighted by atomic mass is 79.9. The summed E-state index contributed by atoms with van der Waals surface area (Å²) in [4.78, 5) is 8.09.